The zero-order chi connectivity index (χ0) is 33.5. The molecule has 0 amide bonds. The Hall–Kier alpha value is -4.60. The average Bonchev–Trinajstić information content (AvgIpc) is 3.10. The molecule has 4 aliphatic rings. The molecule has 0 fully saturated rings. The second-order valence-electron chi connectivity index (χ2n) is 12.8. The number of fused-ring (bicyclic) bond motifs is 2. The summed E-state index contributed by atoms with van der Waals surface area (Å²) in [6.07, 6.45) is 3.18. The Labute approximate surface area is 282 Å². The lowest BCUT2D eigenvalue weighted by Crippen LogP contribution is -2.34. The zero-order valence-corrected chi connectivity index (χ0v) is 28.8. The van der Waals surface area contributed by atoms with E-state index in [9.17, 15) is 0 Å². The largest absolute Gasteiger partial charge is 0.493 e. The molecule has 0 spiro atoms. The fourth-order valence-corrected chi connectivity index (χ4v) is 7.58. The van der Waals surface area contributed by atoms with E-state index in [1.165, 1.54) is 16.7 Å². The third kappa shape index (κ3) is 5.54. The topological polar surface area (TPSA) is 71.1 Å². The first-order valence-corrected chi connectivity index (χ1v) is 16.4. The number of rotatable bonds is 5. The Kier molecular flexibility index (Phi) is 8.74. The van der Waals surface area contributed by atoms with Gasteiger partial charge in [0.25, 0.3) is 0 Å². The van der Waals surface area contributed by atoms with Crippen molar-refractivity contribution in [2.45, 2.75) is 37.8 Å². The number of ether oxygens (including phenoxy) is 7. The van der Waals surface area contributed by atoms with E-state index in [0.29, 0.717) is 52.4 Å². The fraction of sp³-hybridized carbons (Fsp3) is 0.385. The summed E-state index contributed by atoms with van der Waals surface area (Å²) in [5.74, 6) is 5.67. The molecule has 9 nitrogen and oxygen atoms in total. The average molecular weight is 653 g/mol. The Morgan fingerprint density at radius 1 is 0.604 bits per heavy atom. The van der Waals surface area contributed by atoms with Crippen LogP contribution in [0.5, 0.6) is 51.7 Å². The van der Waals surface area contributed by atoms with Gasteiger partial charge in [-0.25, -0.2) is 0 Å². The molecular weight excluding hydrogens is 608 g/mol. The van der Waals surface area contributed by atoms with Gasteiger partial charge in [-0.1, -0.05) is 18.2 Å². The smallest absolute Gasteiger partial charge is 0.208 e. The summed E-state index contributed by atoms with van der Waals surface area (Å²) < 4.78 is 43.4. The van der Waals surface area contributed by atoms with E-state index in [2.05, 4.69) is 60.3 Å². The van der Waals surface area contributed by atoms with Gasteiger partial charge in [-0.15, -0.1) is 0 Å². The third-order valence-electron chi connectivity index (χ3n) is 10.2. The second kappa shape index (κ2) is 13.1. The number of hydrogen-bond donors (Lipinski definition) is 0. The van der Waals surface area contributed by atoms with Gasteiger partial charge < -0.3 is 33.2 Å². The summed E-state index contributed by atoms with van der Waals surface area (Å²) >= 11 is 0. The van der Waals surface area contributed by atoms with E-state index in [4.69, 9.17) is 33.2 Å². The summed E-state index contributed by atoms with van der Waals surface area (Å²) in [6, 6.07) is 18.9. The van der Waals surface area contributed by atoms with Gasteiger partial charge in [0.1, 0.15) is 5.75 Å². The highest BCUT2D eigenvalue weighted by Gasteiger charge is 2.37. The zero-order valence-electron chi connectivity index (χ0n) is 28.8. The van der Waals surface area contributed by atoms with Crippen molar-refractivity contribution in [3.8, 4) is 51.7 Å². The van der Waals surface area contributed by atoms with Crippen molar-refractivity contribution < 1.29 is 33.2 Å². The van der Waals surface area contributed by atoms with E-state index < -0.39 is 0 Å². The molecule has 2 atom stereocenters. The van der Waals surface area contributed by atoms with Crippen LogP contribution in [-0.2, 0) is 25.7 Å². The molecule has 0 unspecified atom stereocenters. The Balaban J connectivity index is 1.50. The minimum absolute atomic E-state index is 0.0839. The molecule has 9 heteroatoms. The lowest BCUT2D eigenvalue weighted by molar-refractivity contribution is 0.216. The Morgan fingerprint density at radius 2 is 1.25 bits per heavy atom. The van der Waals surface area contributed by atoms with E-state index in [1.54, 1.807) is 35.5 Å². The summed E-state index contributed by atoms with van der Waals surface area (Å²) in [5.41, 5.74) is 6.84. The molecule has 48 heavy (non-hydrogen) atoms. The highest BCUT2D eigenvalue weighted by Crippen LogP contribution is 2.56. The number of nitrogens with zero attached hydrogens (tertiary/aromatic N) is 2. The molecule has 4 aromatic rings. The molecular formula is C39H44N2O7. The van der Waals surface area contributed by atoms with Crippen molar-refractivity contribution >= 4 is 0 Å². The summed E-state index contributed by atoms with van der Waals surface area (Å²) in [4.78, 5) is 4.78. The lowest BCUT2D eigenvalue weighted by Gasteiger charge is -2.38. The van der Waals surface area contributed by atoms with Crippen LogP contribution in [-0.4, -0.2) is 72.5 Å². The standard InChI is InChI=1S/C39H44N2O7/c1-40-16-14-25-21-32(43-4)34-22-28(25)29(40)18-23-8-11-26(12-9-23)47-33-20-24(10-13-31(33)42-3)19-30-35-27(15-17-41(30)2)36(44-5)38(45-6)39(46-7)37(35)48-34/h8-13,20-22,29-30H,14-19H2,1-7H3/t29-,30+/m1/s1. The van der Waals surface area contributed by atoms with Crippen LogP contribution >= 0.6 is 0 Å². The van der Waals surface area contributed by atoms with Gasteiger partial charge in [-0.05, 0) is 98.4 Å². The molecule has 0 saturated heterocycles. The van der Waals surface area contributed by atoms with Gasteiger partial charge in [-0.3, -0.25) is 9.80 Å². The molecule has 0 saturated carbocycles. The van der Waals surface area contributed by atoms with Crippen molar-refractivity contribution in [3.63, 3.8) is 0 Å². The molecule has 4 aromatic carbocycles. The highest BCUT2D eigenvalue weighted by atomic mass is 16.6. The monoisotopic (exact) mass is 652 g/mol. The second-order valence-corrected chi connectivity index (χ2v) is 12.8. The van der Waals surface area contributed by atoms with Crippen molar-refractivity contribution in [1.29, 1.82) is 0 Å². The number of likely N-dealkylation sites (N-methyl/N-ethyl adjacent to an activating group) is 2. The fourth-order valence-electron chi connectivity index (χ4n) is 7.58. The number of benzene rings is 4. The normalized spacial score (nSPS) is 18.8. The quantitative estimate of drug-likeness (QED) is 0.223. The Bertz CT molecular complexity index is 1820. The van der Waals surface area contributed by atoms with Crippen LogP contribution in [0, 0.1) is 0 Å². The van der Waals surface area contributed by atoms with E-state index in [0.717, 1.165) is 54.8 Å². The molecule has 252 valence electrons. The van der Waals surface area contributed by atoms with Gasteiger partial charge in [0.15, 0.2) is 34.5 Å². The van der Waals surface area contributed by atoms with Crippen molar-refractivity contribution in [2.75, 3.05) is 62.7 Å². The molecule has 4 heterocycles. The van der Waals surface area contributed by atoms with E-state index in [-0.39, 0.29) is 12.1 Å². The van der Waals surface area contributed by atoms with Crippen LogP contribution < -0.4 is 33.2 Å². The number of hydrogen-bond acceptors (Lipinski definition) is 9. The molecule has 8 rings (SSSR count). The van der Waals surface area contributed by atoms with Gasteiger partial charge in [0.2, 0.25) is 11.5 Å². The van der Waals surface area contributed by atoms with Gasteiger partial charge >= 0.3 is 0 Å². The third-order valence-corrected chi connectivity index (χ3v) is 10.2. The minimum atomic E-state index is -0.0839. The maximum atomic E-state index is 7.07. The van der Waals surface area contributed by atoms with Crippen LogP contribution in [0.4, 0.5) is 0 Å². The molecule has 0 N–H and O–H groups in total. The van der Waals surface area contributed by atoms with Gasteiger partial charge in [-0.2, -0.15) is 0 Å². The first kappa shape index (κ1) is 32.0. The van der Waals surface area contributed by atoms with Crippen molar-refractivity contribution in [2.24, 2.45) is 0 Å². The van der Waals surface area contributed by atoms with Crippen molar-refractivity contribution in [1.82, 2.24) is 9.80 Å². The van der Waals surface area contributed by atoms with Crippen LogP contribution in [0.15, 0.2) is 54.6 Å². The van der Waals surface area contributed by atoms with Crippen LogP contribution in [0.25, 0.3) is 0 Å². The SMILES string of the molecule is COc1ccc2cc1Oc1ccc(cc1)C[C@@H]1c3cc(c(OC)cc3CCN1C)Oc1c(OC)c(OC)c(OC)c3c1[C@H](C2)N(C)CC3. The highest BCUT2D eigenvalue weighted by molar-refractivity contribution is 5.70. The molecule has 6 bridgehead atoms. The van der Waals surface area contributed by atoms with Gasteiger partial charge in [0.05, 0.1) is 35.5 Å². The predicted molar refractivity (Wildman–Crippen MR) is 184 cm³/mol. The van der Waals surface area contributed by atoms with E-state index >= 15 is 0 Å². The van der Waals surface area contributed by atoms with Gasteiger partial charge in [0, 0.05) is 36.3 Å². The maximum Gasteiger partial charge on any atom is 0.208 e. The molecule has 0 radical (unpaired) electrons. The minimum Gasteiger partial charge on any atom is -0.493 e. The maximum absolute atomic E-state index is 7.07. The van der Waals surface area contributed by atoms with Crippen LogP contribution in [0.1, 0.15) is 45.5 Å². The first-order chi connectivity index (χ1) is 23.4. The van der Waals surface area contributed by atoms with Crippen LogP contribution in [0.2, 0.25) is 0 Å². The summed E-state index contributed by atoms with van der Waals surface area (Å²) in [6.45, 7) is 1.77. The van der Waals surface area contributed by atoms with Crippen molar-refractivity contribution in [3.05, 3.63) is 88.0 Å². The lowest BCUT2D eigenvalue weighted by atomic mass is 9.86. The van der Waals surface area contributed by atoms with Crippen LogP contribution in [0.3, 0.4) is 0 Å². The molecule has 0 aliphatic carbocycles. The summed E-state index contributed by atoms with van der Waals surface area (Å²) in [5, 5.41) is 0. The number of methoxy groups -OCH3 is 5. The first-order valence-electron chi connectivity index (χ1n) is 16.4. The molecule has 0 aromatic heterocycles. The predicted octanol–water partition coefficient (Wildman–Crippen LogP) is 7.17. The van der Waals surface area contributed by atoms with E-state index in [1.807, 2.05) is 18.2 Å². The Morgan fingerprint density at radius 3 is 1.96 bits per heavy atom. The summed E-state index contributed by atoms with van der Waals surface area (Å²) in [7, 11) is 12.7. The molecule has 4 aliphatic heterocycles.